The summed E-state index contributed by atoms with van der Waals surface area (Å²) in [5.74, 6) is -2.30. The third kappa shape index (κ3) is 4.30. The first-order valence-electron chi connectivity index (χ1n) is 4.77. The zero-order valence-corrected chi connectivity index (χ0v) is 10.1. The van der Waals surface area contributed by atoms with Crippen molar-refractivity contribution in [3.8, 4) is 0 Å². The molecule has 0 aliphatic carbocycles. The molecule has 0 rings (SSSR count). The van der Waals surface area contributed by atoms with Gasteiger partial charge < -0.3 is 19.9 Å². The van der Waals surface area contributed by atoms with E-state index in [2.05, 4.69) is 0 Å². The van der Waals surface area contributed by atoms with Crippen LogP contribution in [0.15, 0.2) is 0 Å². The van der Waals surface area contributed by atoms with Crippen LogP contribution in [0.25, 0.3) is 0 Å². The van der Waals surface area contributed by atoms with Crippen LogP contribution in [0.1, 0.15) is 20.3 Å². The largest absolute Gasteiger partial charge is 0.481 e. The van der Waals surface area contributed by atoms with Crippen molar-refractivity contribution in [3.05, 3.63) is 0 Å². The fraction of sp³-hybridized carbons (Fsp3) is 0.750. The lowest BCUT2D eigenvalue weighted by Crippen LogP contribution is -2.29. The minimum Gasteiger partial charge on any atom is -0.481 e. The van der Waals surface area contributed by atoms with Crippen molar-refractivity contribution >= 4 is 19.5 Å². The molecule has 1 atom stereocenters. The Hall–Kier alpha value is -0.910. The summed E-state index contributed by atoms with van der Waals surface area (Å²) in [5, 5.41) is 8.87. The number of carboxylic acids is 1. The Labute approximate surface area is 93.4 Å². The van der Waals surface area contributed by atoms with Gasteiger partial charge in [-0.25, -0.2) is 0 Å². The van der Waals surface area contributed by atoms with Gasteiger partial charge in [0.15, 0.2) is 5.66 Å². The zero-order valence-electron chi connectivity index (χ0n) is 9.21. The van der Waals surface area contributed by atoms with Crippen LogP contribution in [-0.2, 0) is 23.2 Å². The molecule has 0 saturated heterocycles. The van der Waals surface area contributed by atoms with E-state index in [-0.39, 0.29) is 13.2 Å². The number of carboxylic acid groups (broad SMARTS) is 1. The van der Waals surface area contributed by atoms with Gasteiger partial charge in [-0.3, -0.25) is 14.2 Å². The number of aliphatic carboxylic acids is 1. The van der Waals surface area contributed by atoms with E-state index >= 15 is 0 Å². The first kappa shape index (κ1) is 15.1. The lowest BCUT2D eigenvalue weighted by molar-refractivity contribution is -0.138. The van der Waals surface area contributed by atoms with Gasteiger partial charge in [0.1, 0.15) is 0 Å². The summed E-state index contributed by atoms with van der Waals surface area (Å²) in [6.45, 7) is 3.16. The van der Waals surface area contributed by atoms with Gasteiger partial charge in [-0.05, 0) is 13.8 Å². The van der Waals surface area contributed by atoms with Crippen molar-refractivity contribution in [2.45, 2.75) is 25.9 Å². The van der Waals surface area contributed by atoms with Crippen molar-refractivity contribution in [2.75, 3.05) is 13.2 Å². The Morgan fingerprint density at radius 3 is 2.00 bits per heavy atom. The van der Waals surface area contributed by atoms with Gasteiger partial charge in [0.05, 0.1) is 19.6 Å². The molecule has 0 spiro atoms. The highest BCUT2D eigenvalue weighted by molar-refractivity contribution is 7.55. The first-order chi connectivity index (χ1) is 7.37. The molecule has 3 N–H and O–H groups in total. The van der Waals surface area contributed by atoms with E-state index in [1.54, 1.807) is 13.8 Å². The number of hydrogen-bond donors (Lipinski definition) is 2. The van der Waals surface area contributed by atoms with Crippen molar-refractivity contribution < 1.29 is 28.3 Å². The lowest BCUT2D eigenvalue weighted by atomic mass is 10.3. The van der Waals surface area contributed by atoms with E-state index in [9.17, 15) is 14.2 Å². The molecule has 1 unspecified atom stereocenters. The molecule has 0 bridgehead atoms. The molecular weight excluding hydrogens is 237 g/mol. The fourth-order valence-corrected chi connectivity index (χ4v) is 2.93. The van der Waals surface area contributed by atoms with Crippen molar-refractivity contribution in [3.63, 3.8) is 0 Å². The van der Waals surface area contributed by atoms with Crippen LogP contribution in [0.3, 0.4) is 0 Å². The van der Waals surface area contributed by atoms with Gasteiger partial charge in [0.25, 0.3) is 0 Å². The van der Waals surface area contributed by atoms with Gasteiger partial charge >= 0.3 is 13.6 Å². The zero-order chi connectivity index (χ0) is 12.8. The highest BCUT2D eigenvalue weighted by atomic mass is 31.2. The molecule has 94 valence electrons. The maximum Gasteiger partial charge on any atom is 0.345 e. The third-order valence-electron chi connectivity index (χ3n) is 1.68. The molecule has 0 aromatic rings. The molecule has 7 nitrogen and oxygen atoms in total. The van der Waals surface area contributed by atoms with Gasteiger partial charge in [0, 0.05) is 0 Å². The van der Waals surface area contributed by atoms with E-state index in [0.29, 0.717) is 0 Å². The predicted octanol–water partition coefficient (Wildman–Crippen LogP) is 0.581. The molecule has 0 aliphatic heterocycles. The van der Waals surface area contributed by atoms with Crippen molar-refractivity contribution in [2.24, 2.45) is 5.73 Å². The third-order valence-corrected chi connectivity index (χ3v) is 4.08. The van der Waals surface area contributed by atoms with Crippen LogP contribution in [0.2, 0.25) is 0 Å². The molecule has 0 saturated carbocycles. The van der Waals surface area contributed by atoms with Crippen LogP contribution in [-0.4, -0.2) is 35.9 Å². The monoisotopic (exact) mass is 253 g/mol. The smallest absolute Gasteiger partial charge is 0.345 e. The lowest BCUT2D eigenvalue weighted by Gasteiger charge is -2.22. The summed E-state index contributed by atoms with van der Waals surface area (Å²) >= 11 is 0. The number of rotatable bonds is 8. The van der Waals surface area contributed by atoms with Gasteiger partial charge in [-0.2, -0.15) is 0 Å². The Balaban J connectivity index is 5.01. The van der Waals surface area contributed by atoms with Crippen LogP contribution in [0, 0.1) is 0 Å². The number of hydrogen-bond acceptors (Lipinski definition) is 5. The molecule has 0 fully saturated rings. The molecule has 1 amide bonds. The van der Waals surface area contributed by atoms with Crippen LogP contribution >= 0.6 is 7.60 Å². The summed E-state index contributed by atoms with van der Waals surface area (Å²) in [4.78, 5) is 21.6. The second kappa shape index (κ2) is 6.62. The number of amides is 1. The molecule has 16 heavy (non-hydrogen) atoms. The average molecular weight is 253 g/mol. The summed E-state index contributed by atoms with van der Waals surface area (Å²) in [5.41, 5.74) is 3.33. The quantitative estimate of drug-likeness (QED) is 0.611. The minimum atomic E-state index is -3.84. The maximum absolute atomic E-state index is 12.1. The summed E-state index contributed by atoms with van der Waals surface area (Å²) in [6, 6.07) is 0. The summed E-state index contributed by atoms with van der Waals surface area (Å²) in [6.07, 6.45) is -0.577. The number of carbonyl (C=O) groups excluding carboxylic acids is 1. The average Bonchev–Trinajstić information content (AvgIpc) is 2.14. The van der Waals surface area contributed by atoms with E-state index in [4.69, 9.17) is 19.9 Å². The van der Waals surface area contributed by atoms with Gasteiger partial charge in [-0.1, -0.05) is 0 Å². The van der Waals surface area contributed by atoms with Gasteiger partial charge in [0.2, 0.25) is 5.91 Å². The molecule has 0 radical (unpaired) electrons. The Morgan fingerprint density at radius 2 is 1.75 bits per heavy atom. The molecule has 0 heterocycles. The van der Waals surface area contributed by atoms with Crippen molar-refractivity contribution in [1.82, 2.24) is 0 Å². The molecule has 8 heteroatoms. The fourth-order valence-electron chi connectivity index (χ4n) is 1.10. The Kier molecular flexibility index (Phi) is 6.25. The number of primary amides is 1. The second-order valence-electron chi connectivity index (χ2n) is 2.90. The normalized spacial score (nSPS) is 13.4. The highest BCUT2D eigenvalue weighted by Gasteiger charge is 2.42. The Morgan fingerprint density at radius 1 is 1.31 bits per heavy atom. The molecule has 0 aromatic carbocycles. The molecule has 0 aliphatic rings. The van der Waals surface area contributed by atoms with E-state index < -0.39 is 31.6 Å². The predicted molar refractivity (Wildman–Crippen MR) is 56.1 cm³/mol. The maximum atomic E-state index is 12.1. The SMILES string of the molecule is CCOP(=O)(OCC)C(CC(N)=O)C(=O)O. The van der Waals surface area contributed by atoms with Crippen LogP contribution < -0.4 is 5.73 Å². The highest BCUT2D eigenvalue weighted by Crippen LogP contribution is 2.54. The molecular formula is C8H16NO6P. The van der Waals surface area contributed by atoms with E-state index in [0.717, 1.165) is 0 Å². The Bertz CT molecular complexity index is 295. The van der Waals surface area contributed by atoms with E-state index in [1.807, 2.05) is 0 Å². The first-order valence-corrected chi connectivity index (χ1v) is 6.38. The topological polar surface area (TPSA) is 116 Å². The number of nitrogens with two attached hydrogens (primary N) is 1. The number of carbonyl (C=O) groups is 2. The standard InChI is InChI=1S/C8H16NO6P/c1-3-14-16(13,15-4-2)6(8(11)12)5-7(9)10/h6H,3-5H2,1-2H3,(H2,9,10)(H,11,12). The summed E-state index contributed by atoms with van der Waals surface area (Å²) < 4.78 is 21.7. The van der Waals surface area contributed by atoms with Crippen molar-refractivity contribution in [1.29, 1.82) is 0 Å². The van der Waals surface area contributed by atoms with Crippen LogP contribution in [0.4, 0.5) is 0 Å². The second-order valence-corrected chi connectivity index (χ2v) is 5.12. The summed E-state index contributed by atoms with van der Waals surface area (Å²) in [7, 11) is -3.84. The van der Waals surface area contributed by atoms with Gasteiger partial charge in [-0.15, -0.1) is 0 Å². The van der Waals surface area contributed by atoms with Crippen LogP contribution in [0.5, 0.6) is 0 Å². The van der Waals surface area contributed by atoms with E-state index in [1.165, 1.54) is 0 Å². The molecule has 0 aromatic heterocycles. The minimum absolute atomic E-state index is 0.0276.